The van der Waals surface area contributed by atoms with Crippen molar-refractivity contribution in [2.45, 2.75) is 6.61 Å². The number of hydrogen-bond donors (Lipinski definition) is 1. The second-order valence-electron chi connectivity index (χ2n) is 3.32. The maximum atomic E-state index is 9.31. The number of rotatable bonds is 4. The first-order chi connectivity index (χ1) is 8.84. The first-order valence-corrected chi connectivity index (χ1v) is 5.27. The van der Waals surface area contributed by atoms with E-state index < -0.39 is 5.95 Å². The highest BCUT2D eigenvalue weighted by molar-refractivity contribution is 5.45. The van der Waals surface area contributed by atoms with E-state index in [0.29, 0.717) is 11.4 Å². The Balaban J connectivity index is 1.97. The zero-order chi connectivity index (χ0) is 12.6. The monoisotopic (exact) mass is 243 g/mol. The maximum absolute atomic E-state index is 9.31. The molecular weight excluding hydrogens is 232 g/mol. The Morgan fingerprint density at radius 1 is 1.28 bits per heavy atom. The van der Waals surface area contributed by atoms with Gasteiger partial charge in [-0.05, 0) is 24.3 Å². The number of furan rings is 1. The summed E-state index contributed by atoms with van der Waals surface area (Å²) in [6, 6.07) is 12.6. The lowest BCUT2D eigenvalue weighted by atomic mass is 10.3. The predicted molar refractivity (Wildman–Crippen MR) is 63.4 cm³/mol. The van der Waals surface area contributed by atoms with Gasteiger partial charge in [0.15, 0.2) is 0 Å². The van der Waals surface area contributed by atoms with Crippen molar-refractivity contribution in [3.8, 4) is 0 Å². The number of ether oxygens (including phenoxy) is 1. The number of nitrogens with zero attached hydrogens (tertiary/aromatic N) is 2. The first kappa shape index (κ1) is 11.7. The molecule has 0 aliphatic heterocycles. The van der Waals surface area contributed by atoms with Crippen LogP contribution in [0.25, 0.3) is 0 Å². The van der Waals surface area contributed by atoms with Gasteiger partial charge in [-0.3, -0.25) is 0 Å². The van der Waals surface area contributed by atoms with Gasteiger partial charge < -0.3 is 14.3 Å². The maximum Gasteiger partial charge on any atom is 0.441 e. The molecule has 1 aromatic carbocycles. The average Bonchev–Trinajstić information content (AvgIpc) is 2.91. The van der Waals surface area contributed by atoms with Crippen LogP contribution in [0.1, 0.15) is 5.76 Å². The van der Waals surface area contributed by atoms with Crippen LogP contribution in [0.15, 0.2) is 64.2 Å². The Morgan fingerprint density at radius 2 is 2.11 bits per heavy atom. The van der Waals surface area contributed by atoms with Gasteiger partial charge in [-0.1, -0.05) is 18.2 Å². The van der Waals surface area contributed by atoms with Gasteiger partial charge in [-0.25, -0.2) is 0 Å². The molecule has 5 heteroatoms. The quantitative estimate of drug-likeness (QED) is 0.388. The minimum Gasteiger partial charge on any atom is -0.470 e. The molecule has 2 rings (SSSR count). The lowest BCUT2D eigenvalue weighted by Crippen LogP contribution is -1.92. The number of hydrogen-bond acceptors (Lipinski definition) is 4. The molecule has 0 saturated carbocycles. The smallest absolute Gasteiger partial charge is 0.441 e. The number of benzene rings is 1. The Morgan fingerprint density at radius 3 is 2.83 bits per heavy atom. The SMILES string of the molecule is OC(=C=[N+]=Nc1ccccc1)OCc1ccco1. The van der Waals surface area contributed by atoms with Gasteiger partial charge in [0.25, 0.3) is 0 Å². The molecule has 18 heavy (non-hydrogen) atoms. The van der Waals surface area contributed by atoms with Crippen molar-refractivity contribution >= 4 is 11.6 Å². The van der Waals surface area contributed by atoms with Crippen LogP contribution in [0.2, 0.25) is 0 Å². The Labute approximate surface area is 103 Å². The van der Waals surface area contributed by atoms with Crippen LogP contribution in [0.3, 0.4) is 0 Å². The van der Waals surface area contributed by atoms with Crippen LogP contribution in [-0.4, -0.2) is 15.8 Å². The van der Waals surface area contributed by atoms with Crippen LogP contribution in [0.4, 0.5) is 5.69 Å². The fourth-order valence-corrected chi connectivity index (χ4v) is 1.19. The van der Waals surface area contributed by atoms with Gasteiger partial charge in [0.05, 0.1) is 6.26 Å². The van der Waals surface area contributed by atoms with Crippen LogP contribution < -0.4 is 0 Å². The molecule has 0 atom stereocenters. The summed E-state index contributed by atoms with van der Waals surface area (Å²) in [6.07, 6.45) is 1.53. The topological polar surface area (TPSA) is 69.1 Å². The highest BCUT2D eigenvalue weighted by atomic mass is 16.6. The molecule has 0 amide bonds. The van der Waals surface area contributed by atoms with E-state index in [4.69, 9.17) is 9.15 Å². The molecule has 0 aliphatic carbocycles. The van der Waals surface area contributed by atoms with Crippen molar-refractivity contribution in [3.05, 3.63) is 60.4 Å². The van der Waals surface area contributed by atoms with Crippen molar-refractivity contribution in [1.82, 2.24) is 0 Å². The van der Waals surface area contributed by atoms with Crippen molar-refractivity contribution in [2.24, 2.45) is 5.11 Å². The minimum atomic E-state index is -0.439. The zero-order valence-corrected chi connectivity index (χ0v) is 9.48. The van der Waals surface area contributed by atoms with E-state index >= 15 is 0 Å². The highest BCUT2D eigenvalue weighted by Crippen LogP contribution is 2.07. The number of aliphatic hydroxyl groups excluding tert-OH is 1. The van der Waals surface area contributed by atoms with Crippen molar-refractivity contribution in [2.75, 3.05) is 0 Å². The molecular formula is C13H11N2O3+. The van der Waals surface area contributed by atoms with E-state index in [2.05, 4.69) is 15.8 Å². The molecule has 0 spiro atoms. The Kier molecular flexibility index (Phi) is 3.98. The van der Waals surface area contributed by atoms with Gasteiger partial charge in [-0.15, -0.1) is 0 Å². The molecule has 0 radical (unpaired) electrons. The summed E-state index contributed by atoms with van der Waals surface area (Å²) in [5, 5.41) is 13.1. The molecule has 1 N–H and O–H groups in total. The molecule has 1 aromatic heterocycles. The van der Waals surface area contributed by atoms with Crippen LogP contribution in [0.5, 0.6) is 0 Å². The molecule has 5 nitrogen and oxygen atoms in total. The Hall–Kier alpha value is -2.74. The molecule has 1 heterocycles. The summed E-state index contributed by atoms with van der Waals surface area (Å²) in [5.41, 5.74) is 0.670. The molecule has 0 saturated heterocycles. The lowest BCUT2D eigenvalue weighted by molar-refractivity contribution is -0.0722. The predicted octanol–water partition coefficient (Wildman–Crippen LogP) is 2.86. The largest absolute Gasteiger partial charge is 0.470 e. The van der Waals surface area contributed by atoms with Crippen molar-refractivity contribution in [3.63, 3.8) is 0 Å². The molecule has 0 bridgehead atoms. The number of aliphatic hydroxyl groups is 1. The van der Waals surface area contributed by atoms with E-state index in [1.807, 2.05) is 18.2 Å². The second kappa shape index (κ2) is 6.11. The summed E-state index contributed by atoms with van der Waals surface area (Å²) in [7, 11) is 0. The molecule has 2 aromatic rings. The lowest BCUT2D eigenvalue weighted by Gasteiger charge is -1.95. The van der Waals surface area contributed by atoms with E-state index in [0.717, 1.165) is 0 Å². The van der Waals surface area contributed by atoms with Crippen molar-refractivity contribution in [1.29, 1.82) is 0 Å². The fraction of sp³-hybridized carbons (Fsp3) is 0.0769. The third-order valence-electron chi connectivity index (χ3n) is 2.00. The summed E-state index contributed by atoms with van der Waals surface area (Å²) in [5.74, 6) is 2.42. The normalized spacial score (nSPS) is 9.11. The summed E-state index contributed by atoms with van der Waals surface area (Å²) in [6.45, 7) is 0.118. The third kappa shape index (κ3) is 3.68. The van der Waals surface area contributed by atoms with E-state index in [1.165, 1.54) is 6.26 Å². The molecule has 0 aliphatic rings. The fourth-order valence-electron chi connectivity index (χ4n) is 1.19. The summed E-state index contributed by atoms with van der Waals surface area (Å²) >= 11 is 0. The standard InChI is InChI=1S/C13H10N2O3/c16-13(18-10-12-7-4-8-17-12)9-14-15-11-5-2-1-3-6-11/h1-8H,10H2/p+1. The van der Waals surface area contributed by atoms with Crippen LogP contribution in [-0.2, 0) is 11.3 Å². The van der Waals surface area contributed by atoms with E-state index in [1.54, 1.807) is 24.3 Å². The highest BCUT2D eigenvalue weighted by Gasteiger charge is 2.01. The average molecular weight is 243 g/mol. The molecule has 0 fully saturated rings. The van der Waals surface area contributed by atoms with Gasteiger partial charge in [0, 0.05) is 0 Å². The van der Waals surface area contributed by atoms with Crippen LogP contribution >= 0.6 is 0 Å². The summed E-state index contributed by atoms with van der Waals surface area (Å²) < 4.78 is 9.96. The van der Waals surface area contributed by atoms with Gasteiger partial charge in [0.1, 0.15) is 28.0 Å². The van der Waals surface area contributed by atoms with E-state index in [9.17, 15) is 5.11 Å². The summed E-state index contributed by atoms with van der Waals surface area (Å²) in [4.78, 5) is 3.57. The van der Waals surface area contributed by atoms with Crippen molar-refractivity contribution < 1.29 is 19.1 Å². The van der Waals surface area contributed by atoms with E-state index in [-0.39, 0.29) is 6.61 Å². The Bertz CT molecular complexity index is 578. The third-order valence-corrected chi connectivity index (χ3v) is 2.00. The van der Waals surface area contributed by atoms with Gasteiger partial charge in [0.2, 0.25) is 0 Å². The van der Waals surface area contributed by atoms with Gasteiger partial charge >= 0.3 is 11.8 Å². The minimum absolute atomic E-state index is 0.118. The molecule has 0 unspecified atom stereocenters. The second-order valence-corrected chi connectivity index (χ2v) is 3.32. The van der Waals surface area contributed by atoms with Gasteiger partial charge in [-0.2, -0.15) is 0 Å². The van der Waals surface area contributed by atoms with Crippen LogP contribution in [0, 0.1) is 0 Å². The molecule has 90 valence electrons. The zero-order valence-electron chi connectivity index (χ0n) is 9.48. The first-order valence-electron chi connectivity index (χ1n) is 5.27.